The number of hydrogen-bond donors (Lipinski definition) is 2. The third-order valence-electron chi connectivity index (χ3n) is 2.79. The van der Waals surface area contributed by atoms with Crippen molar-refractivity contribution in [2.24, 2.45) is 10.9 Å². The molecule has 0 saturated heterocycles. The summed E-state index contributed by atoms with van der Waals surface area (Å²) in [6.45, 7) is 2.13. The number of hydrogen-bond acceptors (Lipinski definition) is 4. The van der Waals surface area contributed by atoms with Crippen molar-refractivity contribution in [2.45, 2.75) is 13.0 Å². The number of oxime groups is 1. The molecule has 0 aliphatic carbocycles. The Morgan fingerprint density at radius 2 is 2.28 bits per heavy atom. The molecule has 3 N–H and O–H groups in total. The molecule has 1 unspecified atom stereocenters. The number of nitrogens with two attached hydrogens (primary N) is 1. The topological polar surface area (TPSA) is 61.8 Å². The predicted molar refractivity (Wildman–Crippen MR) is 80.2 cm³/mol. The van der Waals surface area contributed by atoms with Gasteiger partial charge in [0.05, 0.1) is 0 Å². The van der Waals surface area contributed by atoms with Crippen LogP contribution in [-0.2, 0) is 0 Å². The van der Waals surface area contributed by atoms with Gasteiger partial charge in [0.1, 0.15) is 0 Å². The Morgan fingerprint density at radius 1 is 1.61 bits per heavy atom. The molecule has 6 heteroatoms. The zero-order valence-electron chi connectivity index (χ0n) is 10.7. The molecule has 0 heterocycles. The summed E-state index contributed by atoms with van der Waals surface area (Å²) in [6, 6.07) is 5.72. The van der Waals surface area contributed by atoms with E-state index in [1.165, 1.54) is 0 Å². The molecule has 0 aliphatic rings. The Labute approximate surface area is 117 Å². The number of anilines is 1. The molecule has 0 spiro atoms. The van der Waals surface area contributed by atoms with Gasteiger partial charge in [-0.15, -0.1) is 0 Å². The van der Waals surface area contributed by atoms with Crippen molar-refractivity contribution >= 4 is 34.9 Å². The van der Waals surface area contributed by atoms with Gasteiger partial charge in [0.2, 0.25) is 0 Å². The van der Waals surface area contributed by atoms with E-state index in [2.05, 4.69) is 23.2 Å². The van der Waals surface area contributed by atoms with E-state index in [9.17, 15) is 0 Å². The highest BCUT2D eigenvalue weighted by molar-refractivity contribution is 7.98. The average Bonchev–Trinajstić information content (AvgIpc) is 2.37. The number of thioether (sulfide) groups is 1. The molecule has 100 valence electrons. The average molecular weight is 288 g/mol. The fourth-order valence-corrected chi connectivity index (χ4v) is 2.54. The standard InChI is InChI=1S/C12H18ClN3OS/c1-8(7-18-3)16(2)11-5-4-9(13)6-10(11)12(14)15-17/h4-6,8,17H,7H2,1-3H3,(H2,14,15). The van der Waals surface area contributed by atoms with Gasteiger partial charge in [0.25, 0.3) is 0 Å². The minimum Gasteiger partial charge on any atom is -0.409 e. The molecule has 18 heavy (non-hydrogen) atoms. The summed E-state index contributed by atoms with van der Waals surface area (Å²) in [7, 11) is 1.98. The molecular weight excluding hydrogens is 270 g/mol. The van der Waals surface area contributed by atoms with E-state index < -0.39 is 0 Å². The van der Waals surface area contributed by atoms with Crippen molar-refractivity contribution in [2.75, 3.05) is 24.0 Å². The van der Waals surface area contributed by atoms with Crippen LogP contribution in [0, 0.1) is 0 Å². The van der Waals surface area contributed by atoms with Gasteiger partial charge >= 0.3 is 0 Å². The van der Waals surface area contributed by atoms with Crippen LogP contribution in [0.2, 0.25) is 5.02 Å². The molecule has 1 rings (SSSR count). The van der Waals surface area contributed by atoms with E-state index in [1.54, 1.807) is 23.9 Å². The minimum absolute atomic E-state index is 0.0655. The number of nitrogens with zero attached hydrogens (tertiary/aromatic N) is 2. The Morgan fingerprint density at radius 3 is 2.83 bits per heavy atom. The summed E-state index contributed by atoms with van der Waals surface area (Å²) in [6.07, 6.45) is 2.07. The summed E-state index contributed by atoms with van der Waals surface area (Å²) in [4.78, 5) is 2.10. The third-order valence-corrected chi connectivity index (χ3v) is 3.84. The second-order valence-electron chi connectivity index (χ2n) is 4.06. The number of amidine groups is 1. The number of benzene rings is 1. The second-order valence-corrected chi connectivity index (χ2v) is 5.41. The summed E-state index contributed by atoms with van der Waals surface area (Å²) in [5, 5.41) is 12.4. The van der Waals surface area contributed by atoms with Crippen molar-refractivity contribution < 1.29 is 5.21 Å². The Kier molecular flexibility index (Phi) is 5.62. The molecule has 0 aliphatic heterocycles. The Bertz CT molecular complexity index is 439. The molecular formula is C12H18ClN3OS. The molecule has 1 aromatic rings. The monoisotopic (exact) mass is 287 g/mol. The van der Waals surface area contributed by atoms with E-state index >= 15 is 0 Å². The van der Waals surface area contributed by atoms with E-state index in [0.717, 1.165) is 11.4 Å². The fraction of sp³-hybridized carbons (Fsp3) is 0.417. The normalized spacial score (nSPS) is 13.4. The first-order valence-electron chi connectivity index (χ1n) is 5.50. The van der Waals surface area contributed by atoms with Crippen LogP contribution in [0.25, 0.3) is 0 Å². The van der Waals surface area contributed by atoms with Gasteiger partial charge in [-0.25, -0.2) is 0 Å². The molecule has 0 fully saturated rings. The largest absolute Gasteiger partial charge is 0.409 e. The van der Waals surface area contributed by atoms with E-state index in [0.29, 0.717) is 16.6 Å². The van der Waals surface area contributed by atoms with Gasteiger partial charge in [0, 0.05) is 35.1 Å². The predicted octanol–water partition coefficient (Wildman–Crippen LogP) is 2.62. The molecule has 1 atom stereocenters. The molecule has 0 aromatic heterocycles. The highest BCUT2D eigenvalue weighted by atomic mass is 35.5. The second kappa shape index (κ2) is 6.75. The Balaban J connectivity index is 3.15. The van der Waals surface area contributed by atoms with Crippen LogP contribution in [-0.4, -0.2) is 36.1 Å². The van der Waals surface area contributed by atoms with Crippen LogP contribution >= 0.6 is 23.4 Å². The van der Waals surface area contributed by atoms with Gasteiger partial charge in [-0.1, -0.05) is 16.8 Å². The van der Waals surface area contributed by atoms with E-state index in [-0.39, 0.29) is 5.84 Å². The maximum absolute atomic E-state index is 8.82. The Hall–Kier alpha value is -1.07. The lowest BCUT2D eigenvalue weighted by atomic mass is 10.1. The quantitative estimate of drug-likeness (QED) is 0.378. The maximum Gasteiger partial charge on any atom is 0.172 e. The summed E-state index contributed by atoms with van der Waals surface area (Å²) in [5.41, 5.74) is 7.22. The third kappa shape index (κ3) is 3.46. The van der Waals surface area contributed by atoms with Crippen LogP contribution in [0.1, 0.15) is 12.5 Å². The van der Waals surface area contributed by atoms with Crippen molar-refractivity contribution in [1.29, 1.82) is 0 Å². The number of halogens is 1. The van der Waals surface area contributed by atoms with Gasteiger partial charge in [-0.2, -0.15) is 11.8 Å². The minimum atomic E-state index is 0.0655. The van der Waals surface area contributed by atoms with Crippen molar-refractivity contribution in [3.05, 3.63) is 28.8 Å². The zero-order valence-corrected chi connectivity index (χ0v) is 12.3. The van der Waals surface area contributed by atoms with Crippen molar-refractivity contribution in [1.82, 2.24) is 0 Å². The first kappa shape index (κ1) is 15.0. The van der Waals surface area contributed by atoms with Gasteiger partial charge in [0.15, 0.2) is 5.84 Å². The van der Waals surface area contributed by atoms with Gasteiger partial charge in [-0.05, 0) is 31.4 Å². The molecule has 1 aromatic carbocycles. The summed E-state index contributed by atoms with van der Waals surface area (Å²) < 4.78 is 0. The lowest BCUT2D eigenvalue weighted by Crippen LogP contribution is -2.32. The summed E-state index contributed by atoms with van der Waals surface area (Å²) in [5.74, 6) is 1.06. The molecule has 0 bridgehead atoms. The van der Waals surface area contributed by atoms with Gasteiger partial charge < -0.3 is 15.8 Å². The zero-order chi connectivity index (χ0) is 13.7. The van der Waals surface area contributed by atoms with Crippen molar-refractivity contribution in [3.8, 4) is 0 Å². The van der Waals surface area contributed by atoms with Crippen molar-refractivity contribution in [3.63, 3.8) is 0 Å². The lowest BCUT2D eigenvalue weighted by Gasteiger charge is -2.28. The molecule has 0 radical (unpaired) electrons. The fourth-order valence-electron chi connectivity index (χ4n) is 1.67. The first-order valence-corrected chi connectivity index (χ1v) is 7.27. The van der Waals surface area contributed by atoms with Crippen LogP contribution in [0.5, 0.6) is 0 Å². The maximum atomic E-state index is 8.82. The summed E-state index contributed by atoms with van der Waals surface area (Å²) >= 11 is 7.73. The highest BCUT2D eigenvalue weighted by Gasteiger charge is 2.16. The highest BCUT2D eigenvalue weighted by Crippen LogP contribution is 2.25. The molecule has 4 nitrogen and oxygen atoms in total. The van der Waals surface area contributed by atoms with Crippen LogP contribution in [0.15, 0.2) is 23.4 Å². The van der Waals surface area contributed by atoms with Crippen LogP contribution in [0.3, 0.4) is 0 Å². The van der Waals surface area contributed by atoms with Crippen LogP contribution in [0.4, 0.5) is 5.69 Å². The molecule has 0 amide bonds. The molecule has 0 saturated carbocycles. The van der Waals surface area contributed by atoms with E-state index in [4.69, 9.17) is 22.5 Å². The SMILES string of the molecule is CSCC(C)N(C)c1ccc(Cl)cc1/C(N)=N/O. The van der Waals surface area contributed by atoms with E-state index in [1.807, 2.05) is 13.1 Å². The smallest absolute Gasteiger partial charge is 0.172 e. The number of rotatable bonds is 5. The first-order chi connectivity index (χ1) is 8.51. The van der Waals surface area contributed by atoms with Crippen LogP contribution < -0.4 is 10.6 Å². The van der Waals surface area contributed by atoms with Gasteiger partial charge in [-0.3, -0.25) is 0 Å². The lowest BCUT2D eigenvalue weighted by molar-refractivity contribution is 0.318.